The third kappa shape index (κ3) is 4.55. The summed E-state index contributed by atoms with van der Waals surface area (Å²) in [7, 11) is 2.20. The van der Waals surface area contributed by atoms with Crippen LogP contribution in [0.25, 0.3) is 32.8 Å². The number of phenolic OH excluding ortho intramolecular Hbond substituents is 1. The molecular formula is C35H37F2N5O2. The highest BCUT2D eigenvalue weighted by atomic mass is 19.1. The van der Waals surface area contributed by atoms with Crippen molar-refractivity contribution in [2.75, 3.05) is 38.2 Å². The van der Waals surface area contributed by atoms with Gasteiger partial charge in [0.2, 0.25) is 0 Å². The quantitative estimate of drug-likeness (QED) is 0.271. The Hall–Kier alpha value is -3.98. The Morgan fingerprint density at radius 1 is 1.07 bits per heavy atom. The Morgan fingerprint density at radius 2 is 1.95 bits per heavy atom. The maximum atomic E-state index is 16.8. The summed E-state index contributed by atoms with van der Waals surface area (Å²) < 4.78 is 38.4. The number of likely N-dealkylation sites (tertiary alicyclic amines) is 1. The predicted molar refractivity (Wildman–Crippen MR) is 168 cm³/mol. The van der Waals surface area contributed by atoms with Crippen LogP contribution in [0.2, 0.25) is 0 Å². The summed E-state index contributed by atoms with van der Waals surface area (Å²) in [5.41, 5.74) is 1.87. The lowest BCUT2D eigenvalue weighted by molar-refractivity contribution is 0.0133. The zero-order chi connectivity index (χ0) is 30.0. The molecule has 2 N–H and O–H groups in total. The third-order valence-corrected chi connectivity index (χ3v) is 10.5. The van der Waals surface area contributed by atoms with Gasteiger partial charge in [-0.25, -0.2) is 8.78 Å². The number of benzene rings is 3. The van der Waals surface area contributed by atoms with Gasteiger partial charge in [-0.3, -0.25) is 0 Å². The molecule has 1 aromatic heterocycles. The summed E-state index contributed by atoms with van der Waals surface area (Å²) in [6, 6.07) is 11.9. The fraction of sp³-hybridized carbons (Fsp3) is 0.429. The van der Waals surface area contributed by atoms with Gasteiger partial charge in [-0.2, -0.15) is 9.97 Å². The monoisotopic (exact) mass is 597 g/mol. The summed E-state index contributed by atoms with van der Waals surface area (Å²) >= 11 is 0. The SMILES string of the molecule is CN1CCC[C@@]2(COc3nc(N4CCC5=CC[C@@H](C4)N5)c4ccc(-c5cc(O)cc6cccc(F)c56)c(F)c4n3)CCCC12. The smallest absolute Gasteiger partial charge is 0.319 e. The number of aromatic hydroxyl groups is 1. The molecule has 4 aromatic rings. The first-order valence-corrected chi connectivity index (χ1v) is 15.8. The van der Waals surface area contributed by atoms with Gasteiger partial charge in [0, 0.05) is 59.0 Å². The van der Waals surface area contributed by atoms with E-state index < -0.39 is 11.6 Å². The van der Waals surface area contributed by atoms with E-state index in [1.807, 2.05) is 6.07 Å². The van der Waals surface area contributed by atoms with Crippen LogP contribution in [0.5, 0.6) is 11.8 Å². The van der Waals surface area contributed by atoms with Crippen LogP contribution >= 0.6 is 0 Å². The van der Waals surface area contributed by atoms with Crippen molar-refractivity contribution < 1.29 is 18.6 Å². The Bertz CT molecular complexity index is 1810. The first kappa shape index (κ1) is 27.6. The van der Waals surface area contributed by atoms with Gasteiger partial charge in [0.15, 0.2) is 5.82 Å². The largest absolute Gasteiger partial charge is 0.508 e. The number of anilines is 1. The second-order valence-corrected chi connectivity index (χ2v) is 13.1. The van der Waals surface area contributed by atoms with Gasteiger partial charge >= 0.3 is 6.01 Å². The van der Waals surface area contributed by atoms with Crippen molar-refractivity contribution >= 4 is 27.5 Å². The van der Waals surface area contributed by atoms with Gasteiger partial charge in [-0.05, 0) is 80.9 Å². The molecule has 1 saturated carbocycles. The minimum atomic E-state index is -0.586. The van der Waals surface area contributed by atoms with Crippen molar-refractivity contribution in [3.8, 4) is 22.9 Å². The molecule has 0 amide bonds. The Kier molecular flexibility index (Phi) is 6.63. The summed E-state index contributed by atoms with van der Waals surface area (Å²) in [5.74, 6) is -0.473. The number of phenols is 1. The third-order valence-electron chi connectivity index (χ3n) is 10.5. The van der Waals surface area contributed by atoms with Crippen LogP contribution in [0, 0.1) is 17.0 Å². The average Bonchev–Trinajstić information content (AvgIpc) is 3.59. The van der Waals surface area contributed by atoms with Gasteiger partial charge < -0.3 is 25.0 Å². The maximum Gasteiger partial charge on any atom is 0.319 e. The number of aromatic nitrogens is 2. The van der Waals surface area contributed by atoms with E-state index in [9.17, 15) is 5.11 Å². The number of piperidine rings is 1. The molecule has 4 aliphatic rings. The standard InChI is InChI=1S/C35H37F2N5O2/c1-41-15-4-14-35(13-3-7-29(35)41)20-44-34-39-32-26(33(40-34)42-16-12-22-8-9-23(19-42)38-22)11-10-25(31(32)37)27-18-24(43)17-21-5-2-6-28(36)30(21)27/h2,5-6,8,10-11,17-18,23,29,38,43H,3-4,7,9,12-16,19-20H2,1H3/t23-,29?,35+/m0/s1. The molecule has 228 valence electrons. The second-order valence-electron chi connectivity index (χ2n) is 13.1. The molecule has 3 aromatic carbocycles. The van der Waals surface area contributed by atoms with Gasteiger partial charge in [0.25, 0.3) is 0 Å². The Morgan fingerprint density at radius 3 is 2.86 bits per heavy atom. The Balaban J connectivity index is 1.25. The number of ether oxygens (including phenoxy) is 1. The summed E-state index contributed by atoms with van der Waals surface area (Å²) in [6.07, 6.45) is 9.73. The molecule has 1 aliphatic carbocycles. The molecule has 0 radical (unpaired) electrons. The molecule has 2 bridgehead atoms. The van der Waals surface area contributed by atoms with Crippen molar-refractivity contribution in [1.82, 2.24) is 20.2 Å². The van der Waals surface area contributed by atoms with Gasteiger partial charge in [-0.1, -0.05) is 30.7 Å². The first-order valence-electron chi connectivity index (χ1n) is 15.8. The van der Waals surface area contributed by atoms with Crippen LogP contribution in [-0.2, 0) is 0 Å². The topological polar surface area (TPSA) is 73.8 Å². The van der Waals surface area contributed by atoms with Crippen LogP contribution in [0.4, 0.5) is 14.6 Å². The number of rotatable bonds is 5. The highest BCUT2D eigenvalue weighted by Crippen LogP contribution is 2.47. The lowest BCUT2D eigenvalue weighted by Crippen LogP contribution is -2.50. The fourth-order valence-electron chi connectivity index (χ4n) is 8.37. The average molecular weight is 598 g/mol. The number of nitrogens with one attached hydrogen (secondary N) is 1. The number of hydrogen-bond acceptors (Lipinski definition) is 7. The van der Waals surface area contributed by atoms with E-state index in [1.54, 1.807) is 18.2 Å². The van der Waals surface area contributed by atoms with E-state index >= 15 is 8.78 Å². The van der Waals surface area contributed by atoms with Gasteiger partial charge in [-0.15, -0.1) is 0 Å². The molecule has 2 saturated heterocycles. The van der Waals surface area contributed by atoms with Gasteiger partial charge in [0.05, 0.1) is 6.61 Å². The lowest BCUT2D eigenvalue weighted by Gasteiger charge is -2.44. The minimum absolute atomic E-state index is 0.0437. The molecular weight excluding hydrogens is 560 g/mol. The highest BCUT2D eigenvalue weighted by Gasteiger charge is 2.47. The number of hydrogen-bond donors (Lipinski definition) is 2. The molecule has 8 rings (SSSR count). The van der Waals surface area contributed by atoms with E-state index in [4.69, 9.17) is 14.7 Å². The number of halogens is 2. The molecule has 7 nitrogen and oxygen atoms in total. The van der Waals surface area contributed by atoms with Crippen molar-refractivity contribution in [1.29, 1.82) is 0 Å². The molecule has 0 spiro atoms. The first-order chi connectivity index (χ1) is 21.4. The van der Waals surface area contributed by atoms with E-state index in [1.165, 1.54) is 30.3 Å². The molecule has 1 unspecified atom stereocenters. The lowest BCUT2D eigenvalue weighted by atomic mass is 9.76. The van der Waals surface area contributed by atoms with E-state index in [0.717, 1.165) is 58.2 Å². The van der Waals surface area contributed by atoms with E-state index in [2.05, 4.69) is 28.2 Å². The van der Waals surface area contributed by atoms with Crippen molar-refractivity contribution in [3.05, 3.63) is 65.9 Å². The number of fused-ring (bicyclic) bond motifs is 5. The maximum absolute atomic E-state index is 16.8. The van der Waals surface area contributed by atoms with Gasteiger partial charge in [0.1, 0.15) is 22.9 Å². The summed E-state index contributed by atoms with van der Waals surface area (Å²) in [5, 5.41) is 15.4. The van der Waals surface area contributed by atoms with Crippen LogP contribution in [0.3, 0.4) is 0 Å². The molecule has 3 fully saturated rings. The molecule has 4 heterocycles. The van der Waals surface area contributed by atoms with Crippen LogP contribution in [-0.4, -0.2) is 65.3 Å². The normalized spacial score (nSPS) is 25.2. The molecule has 3 aliphatic heterocycles. The van der Waals surface area contributed by atoms with Crippen LogP contribution in [0.15, 0.2) is 54.2 Å². The van der Waals surface area contributed by atoms with Crippen LogP contribution < -0.4 is 15.0 Å². The minimum Gasteiger partial charge on any atom is -0.508 e. The Labute approximate surface area is 255 Å². The van der Waals surface area contributed by atoms with Crippen molar-refractivity contribution in [2.24, 2.45) is 5.41 Å². The molecule has 44 heavy (non-hydrogen) atoms. The summed E-state index contributed by atoms with van der Waals surface area (Å²) in [4.78, 5) is 14.3. The fourth-order valence-corrected chi connectivity index (χ4v) is 8.37. The highest BCUT2D eigenvalue weighted by molar-refractivity contribution is 6.01. The van der Waals surface area contributed by atoms with Crippen molar-refractivity contribution in [2.45, 2.75) is 57.0 Å². The zero-order valence-electron chi connectivity index (χ0n) is 25.0. The second kappa shape index (κ2) is 10.6. The van der Waals surface area contributed by atoms with Crippen LogP contribution in [0.1, 0.15) is 44.9 Å². The van der Waals surface area contributed by atoms with E-state index in [-0.39, 0.29) is 45.2 Å². The molecule has 3 atom stereocenters. The number of nitrogens with zero attached hydrogens (tertiary/aromatic N) is 4. The van der Waals surface area contributed by atoms with Crippen molar-refractivity contribution in [3.63, 3.8) is 0 Å². The van der Waals surface area contributed by atoms with E-state index in [0.29, 0.717) is 29.2 Å². The predicted octanol–water partition coefficient (Wildman–Crippen LogP) is 6.53. The molecule has 9 heteroatoms. The zero-order valence-corrected chi connectivity index (χ0v) is 25.0. The summed E-state index contributed by atoms with van der Waals surface area (Å²) in [6.45, 7) is 3.06.